The molecule has 2 heterocycles. The quantitative estimate of drug-likeness (QED) is 0.736. The Morgan fingerprint density at radius 3 is 2.73 bits per heavy atom. The van der Waals surface area contributed by atoms with Gasteiger partial charge in [-0.2, -0.15) is 0 Å². The van der Waals surface area contributed by atoms with E-state index in [4.69, 9.17) is 9.15 Å². The summed E-state index contributed by atoms with van der Waals surface area (Å²) in [5.41, 5.74) is 1.69. The van der Waals surface area contributed by atoms with Gasteiger partial charge in [-0.3, -0.25) is 9.48 Å². The molecule has 1 N–H and O–H groups in total. The molecule has 0 saturated carbocycles. The molecule has 0 radical (unpaired) electrons. The molecule has 0 saturated heterocycles. The first kappa shape index (κ1) is 17.7. The number of aromatic nitrogens is 3. The van der Waals surface area contributed by atoms with E-state index in [1.54, 1.807) is 24.2 Å². The van der Waals surface area contributed by atoms with Gasteiger partial charge in [0.2, 0.25) is 11.8 Å². The predicted octanol–water partition coefficient (Wildman–Crippen LogP) is 2.79. The van der Waals surface area contributed by atoms with Crippen molar-refractivity contribution in [2.24, 2.45) is 7.05 Å². The van der Waals surface area contributed by atoms with Gasteiger partial charge in [0.05, 0.1) is 12.8 Å². The third kappa shape index (κ3) is 3.61. The van der Waals surface area contributed by atoms with E-state index in [2.05, 4.69) is 15.4 Å². The zero-order chi connectivity index (χ0) is 18.7. The minimum atomic E-state index is -0.401. The van der Waals surface area contributed by atoms with Crippen LogP contribution in [0, 0.1) is 0 Å². The number of methoxy groups -OCH3 is 1. The molecule has 0 aliphatic carbocycles. The van der Waals surface area contributed by atoms with Crippen LogP contribution in [0.5, 0.6) is 5.88 Å². The standard InChI is InChI=1S/C19H22N4O3/c1-19(2,12-20-16(24)14-10-23(3)22-18(14)25-4)15-11-26-17(21-15)13-8-6-5-7-9-13/h5-11H,12H2,1-4H3,(H,20,24). The van der Waals surface area contributed by atoms with E-state index in [0.29, 0.717) is 23.9 Å². The highest BCUT2D eigenvalue weighted by atomic mass is 16.5. The van der Waals surface area contributed by atoms with Crippen molar-refractivity contribution in [1.82, 2.24) is 20.1 Å². The summed E-state index contributed by atoms with van der Waals surface area (Å²) in [5, 5.41) is 7.02. The van der Waals surface area contributed by atoms with Crippen LogP contribution in [0.15, 0.2) is 47.2 Å². The van der Waals surface area contributed by atoms with Gasteiger partial charge in [0.25, 0.3) is 5.91 Å². The third-order valence-electron chi connectivity index (χ3n) is 4.14. The van der Waals surface area contributed by atoms with Gasteiger partial charge in [-0.25, -0.2) is 4.98 Å². The maximum atomic E-state index is 12.5. The summed E-state index contributed by atoms with van der Waals surface area (Å²) in [6.45, 7) is 4.39. The highest BCUT2D eigenvalue weighted by molar-refractivity contribution is 5.96. The number of hydrogen-bond acceptors (Lipinski definition) is 5. The second kappa shape index (κ2) is 7.03. The molecule has 3 rings (SSSR count). The molecule has 0 aliphatic heterocycles. The minimum absolute atomic E-state index is 0.241. The third-order valence-corrected chi connectivity index (χ3v) is 4.14. The Balaban J connectivity index is 1.71. The number of carbonyl (C=O) groups is 1. The van der Waals surface area contributed by atoms with E-state index < -0.39 is 5.41 Å². The van der Waals surface area contributed by atoms with Gasteiger partial charge in [-0.05, 0) is 12.1 Å². The predicted molar refractivity (Wildman–Crippen MR) is 97.1 cm³/mol. The zero-order valence-corrected chi connectivity index (χ0v) is 15.3. The number of nitrogens with zero attached hydrogens (tertiary/aromatic N) is 3. The lowest BCUT2D eigenvalue weighted by Gasteiger charge is -2.22. The molecule has 1 amide bonds. The second-order valence-electron chi connectivity index (χ2n) is 6.70. The maximum Gasteiger partial charge on any atom is 0.258 e. The Kier molecular flexibility index (Phi) is 4.79. The van der Waals surface area contributed by atoms with Crippen LogP contribution in [0.2, 0.25) is 0 Å². The first-order valence-electron chi connectivity index (χ1n) is 8.28. The van der Waals surface area contributed by atoms with Crippen LogP contribution in [-0.4, -0.2) is 34.3 Å². The van der Waals surface area contributed by atoms with Crippen LogP contribution in [-0.2, 0) is 12.5 Å². The van der Waals surface area contributed by atoms with Crippen molar-refractivity contribution in [1.29, 1.82) is 0 Å². The van der Waals surface area contributed by atoms with Crippen LogP contribution in [0.3, 0.4) is 0 Å². The molecule has 0 fully saturated rings. The maximum absolute atomic E-state index is 12.5. The summed E-state index contributed by atoms with van der Waals surface area (Å²) in [5.74, 6) is 0.624. The summed E-state index contributed by atoms with van der Waals surface area (Å²) < 4.78 is 12.3. The van der Waals surface area contributed by atoms with Gasteiger partial charge in [-0.1, -0.05) is 32.0 Å². The molecular weight excluding hydrogens is 332 g/mol. The monoisotopic (exact) mass is 354 g/mol. The number of nitrogens with one attached hydrogen (secondary N) is 1. The summed E-state index contributed by atoms with van der Waals surface area (Å²) in [4.78, 5) is 17.0. The van der Waals surface area contributed by atoms with Gasteiger partial charge in [-0.15, -0.1) is 5.10 Å². The Labute approximate surface area is 152 Å². The Hall–Kier alpha value is -3.09. The van der Waals surface area contributed by atoms with Gasteiger partial charge in [0.1, 0.15) is 11.8 Å². The number of aryl methyl sites for hydroxylation is 1. The average Bonchev–Trinajstić information content (AvgIpc) is 3.27. The molecule has 136 valence electrons. The van der Waals surface area contributed by atoms with E-state index in [9.17, 15) is 4.79 Å². The molecule has 0 aliphatic rings. The Morgan fingerprint density at radius 2 is 2.04 bits per heavy atom. The van der Waals surface area contributed by atoms with Crippen molar-refractivity contribution in [2.75, 3.05) is 13.7 Å². The summed E-state index contributed by atoms with van der Waals surface area (Å²) in [7, 11) is 3.23. The van der Waals surface area contributed by atoms with Gasteiger partial charge in [0.15, 0.2) is 0 Å². The number of benzene rings is 1. The van der Waals surface area contributed by atoms with Crippen molar-refractivity contribution in [3.05, 3.63) is 54.0 Å². The highest BCUT2D eigenvalue weighted by Gasteiger charge is 2.27. The van der Waals surface area contributed by atoms with Crippen molar-refractivity contribution in [3.8, 4) is 17.3 Å². The topological polar surface area (TPSA) is 82.2 Å². The molecule has 1 aromatic carbocycles. The molecule has 0 atom stereocenters. The molecule has 0 bridgehead atoms. The molecule has 0 spiro atoms. The second-order valence-corrected chi connectivity index (χ2v) is 6.70. The summed E-state index contributed by atoms with van der Waals surface area (Å²) >= 11 is 0. The fourth-order valence-electron chi connectivity index (χ4n) is 2.56. The average molecular weight is 354 g/mol. The van der Waals surface area contributed by atoms with Gasteiger partial charge < -0.3 is 14.5 Å². The van der Waals surface area contributed by atoms with Gasteiger partial charge in [0, 0.05) is 30.8 Å². The number of hydrogen-bond donors (Lipinski definition) is 1. The molecule has 0 unspecified atom stereocenters. The lowest BCUT2D eigenvalue weighted by molar-refractivity contribution is 0.0942. The lowest BCUT2D eigenvalue weighted by Crippen LogP contribution is -2.37. The fourth-order valence-corrected chi connectivity index (χ4v) is 2.56. The first-order valence-corrected chi connectivity index (χ1v) is 8.28. The SMILES string of the molecule is COc1nn(C)cc1C(=O)NCC(C)(C)c1coc(-c2ccccc2)n1. The molecule has 7 nitrogen and oxygen atoms in total. The largest absolute Gasteiger partial charge is 0.479 e. The number of rotatable bonds is 6. The van der Waals surface area contributed by atoms with E-state index in [-0.39, 0.29) is 5.91 Å². The van der Waals surface area contributed by atoms with Crippen LogP contribution < -0.4 is 10.1 Å². The molecular formula is C19H22N4O3. The molecule has 7 heteroatoms. The van der Waals surface area contributed by atoms with Crippen molar-refractivity contribution in [3.63, 3.8) is 0 Å². The number of carbonyl (C=O) groups excluding carboxylic acids is 1. The van der Waals surface area contributed by atoms with Crippen LogP contribution in [0.1, 0.15) is 29.9 Å². The zero-order valence-electron chi connectivity index (χ0n) is 15.3. The van der Waals surface area contributed by atoms with Crippen molar-refractivity contribution < 1.29 is 13.9 Å². The highest BCUT2D eigenvalue weighted by Crippen LogP contribution is 2.26. The van der Waals surface area contributed by atoms with Gasteiger partial charge >= 0.3 is 0 Å². The van der Waals surface area contributed by atoms with Crippen molar-refractivity contribution >= 4 is 5.91 Å². The van der Waals surface area contributed by atoms with Crippen LogP contribution >= 0.6 is 0 Å². The van der Waals surface area contributed by atoms with Crippen LogP contribution in [0.25, 0.3) is 11.5 Å². The van der Waals surface area contributed by atoms with E-state index >= 15 is 0 Å². The van der Waals surface area contributed by atoms with E-state index in [1.165, 1.54) is 7.11 Å². The smallest absolute Gasteiger partial charge is 0.258 e. The van der Waals surface area contributed by atoms with Crippen molar-refractivity contribution in [2.45, 2.75) is 19.3 Å². The molecule has 3 aromatic rings. The number of ether oxygens (including phenoxy) is 1. The number of oxazole rings is 1. The summed E-state index contributed by atoms with van der Waals surface area (Å²) in [6.07, 6.45) is 3.27. The van der Waals surface area contributed by atoms with Crippen LogP contribution in [0.4, 0.5) is 0 Å². The first-order chi connectivity index (χ1) is 12.4. The molecule has 26 heavy (non-hydrogen) atoms. The van der Waals surface area contributed by atoms with E-state index in [1.807, 2.05) is 44.2 Å². The normalized spacial score (nSPS) is 11.4. The Morgan fingerprint density at radius 1 is 1.31 bits per heavy atom. The van der Waals surface area contributed by atoms with E-state index in [0.717, 1.165) is 11.3 Å². The minimum Gasteiger partial charge on any atom is -0.479 e. The fraction of sp³-hybridized carbons (Fsp3) is 0.316. The summed E-state index contributed by atoms with van der Waals surface area (Å²) in [6, 6.07) is 9.70. The molecule has 2 aromatic heterocycles. The lowest BCUT2D eigenvalue weighted by atomic mass is 9.90. The number of amides is 1. The Bertz CT molecular complexity index is 897.